The van der Waals surface area contributed by atoms with Crippen molar-refractivity contribution < 1.29 is 23.7 Å². The van der Waals surface area contributed by atoms with Gasteiger partial charge in [-0.05, 0) is 100.0 Å². The van der Waals surface area contributed by atoms with Crippen molar-refractivity contribution >= 4 is 27.5 Å². The zero-order valence-corrected chi connectivity index (χ0v) is 26.2. The molecule has 10 heteroatoms. The normalized spacial score (nSPS) is 25.6. The van der Waals surface area contributed by atoms with Gasteiger partial charge in [0.25, 0.3) is 0 Å². The number of pyridine rings is 1. The van der Waals surface area contributed by atoms with Crippen LogP contribution in [0.3, 0.4) is 0 Å². The van der Waals surface area contributed by atoms with Gasteiger partial charge >= 0.3 is 6.01 Å². The number of ether oxygens (including phenoxy) is 1. The SMILES string of the molecule is CCc1c(F)ccc2cc(O)cc(-c3ncc4c(N5CCCC(C)(O)C5)nc(OC[C@]56CCC[C@H]5N(C)CCC6)nc4c3F)c12. The molecule has 45 heavy (non-hydrogen) atoms. The molecule has 0 bridgehead atoms. The van der Waals surface area contributed by atoms with Crippen molar-refractivity contribution in [1.29, 1.82) is 0 Å². The summed E-state index contributed by atoms with van der Waals surface area (Å²) in [7, 11) is 2.18. The van der Waals surface area contributed by atoms with E-state index in [2.05, 4.69) is 21.9 Å². The third-order valence-electron chi connectivity index (χ3n) is 10.4. The maximum Gasteiger partial charge on any atom is 0.319 e. The third-order valence-corrected chi connectivity index (χ3v) is 10.4. The molecule has 2 saturated heterocycles. The molecule has 2 aliphatic heterocycles. The second-order valence-corrected chi connectivity index (χ2v) is 13.6. The Morgan fingerprint density at radius 2 is 1.87 bits per heavy atom. The number of benzene rings is 2. The summed E-state index contributed by atoms with van der Waals surface area (Å²) in [5.41, 5.74) is -0.197. The number of aromatic nitrogens is 3. The number of hydrogen-bond donors (Lipinski definition) is 2. The van der Waals surface area contributed by atoms with E-state index >= 15 is 4.39 Å². The van der Waals surface area contributed by atoms with Gasteiger partial charge in [0, 0.05) is 36.3 Å². The number of aromatic hydroxyl groups is 1. The Morgan fingerprint density at radius 1 is 1.07 bits per heavy atom. The largest absolute Gasteiger partial charge is 0.508 e. The number of likely N-dealkylation sites (tertiary alicyclic amines) is 1. The number of phenolic OH excluding ortho intramolecular Hbond substituents is 1. The van der Waals surface area contributed by atoms with E-state index in [0.717, 1.165) is 45.1 Å². The molecular weight excluding hydrogens is 576 g/mol. The summed E-state index contributed by atoms with van der Waals surface area (Å²) >= 11 is 0. The van der Waals surface area contributed by atoms with E-state index in [9.17, 15) is 14.6 Å². The number of halogens is 2. The maximum absolute atomic E-state index is 16.8. The highest BCUT2D eigenvalue weighted by Crippen LogP contribution is 2.47. The fraction of sp³-hybridized carbons (Fsp3) is 0.514. The van der Waals surface area contributed by atoms with Crippen molar-refractivity contribution in [1.82, 2.24) is 19.9 Å². The highest BCUT2D eigenvalue weighted by atomic mass is 19.1. The topological polar surface area (TPSA) is 94.8 Å². The molecule has 2 aromatic heterocycles. The molecule has 238 valence electrons. The van der Waals surface area contributed by atoms with Gasteiger partial charge in [-0.2, -0.15) is 9.97 Å². The number of fused-ring (bicyclic) bond motifs is 3. The van der Waals surface area contributed by atoms with Crippen LogP contribution in [0.4, 0.5) is 14.6 Å². The zero-order valence-electron chi connectivity index (χ0n) is 26.2. The molecule has 0 spiro atoms. The fourth-order valence-electron chi connectivity index (χ4n) is 8.33. The number of piperidine rings is 2. The molecular formula is C35H41F2N5O3. The molecule has 8 nitrogen and oxygen atoms in total. The second kappa shape index (κ2) is 11.3. The van der Waals surface area contributed by atoms with E-state index in [-0.39, 0.29) is 28.4 Å². The average Bonchev–Trinajstić information content (AvgIpc) is 3.45. The Labute approximate surface area is 262 Å². The van der Waals surface area contributed by atoms with Gasteiger partial charge < -0.3 is 24.7 Å². The molecule has 3 aliphatic rings. The Balaban J connectivity index is 1.38. The number of aryl methyl sites for hydroxylation is 1. The van der Waals surface area contributed by atoms with Crippen LogP contribution < -0.4 is 9.64 Å². The minimum absolute atomic E-state index is 0.00331. The first-order valence-electron chi connectivity index (χ1n) is 16.2. The molecule has 1 saturated carbocycles. The maximum atomic E-state index is 16.8. The molecule has 3 atom stereocenters. The Bertz CT molecular complexity index is 1780. The van der Waals surface area contributed by atoms with Crippen LogP contribution in [0.1, 0.15) is 64.4 Å². The van der Waals surface area contributed by atoms with Gasteiger partial charge in [0.15, 0.2) is 5.82 Å². The summed E-state index contributed by atoms with van der Waals surface area (Å²) in [4.78, 5) is 18.4. The Morgan fingerprint density at radius 3 is 2.67 bits per heavy atom. The number of anilines is 1. The van der Waals surface area contributed by atoms with Crippen molar-refractivity contribution in [2.24, 2.45) is 5.41 Å². The molecule has 1 unspecified atom stereocenters. The van der Waals surface area contributed by atoms with Gasteiger partial charge in [-0.3, -0.25) is 4.98 Å². The first-order valence-corrected chi connectivity index (χ1v) is 16.2. The quantitative estimate of drug-likeness (QED) is 0.257. The first kappa shape index (κ1) is 30.0. The summed E-state index contributed by atoms with van der Waals surface area (Å²) < 4.78 is 38.2. The number of phenols is 1. The molecule has 7 rings (SSSR count). The van der Waals surface area contributed by atoms with Crippen LogP contribution in [-0.2, 0) is 6.42 Å². The predicted molar refractivity (Wildman–Crippen MR) is 171 cm³/mol. The monoisotopic (exact) mass is 617 g/mol. The van der Waals surface area contributed by atoms with E-state index in [1.165, 1.54) is 12.1 Å². The van der Waals surface area contributed by atoms with Crippen molar-refractivity contribution in [3.05, 3.63) is 47.7 Å². The van der Waals surface area contributed by atoms with Crippen LogP contribution in [0.25, 0.3) is 32.9 Å². The summed E-state index contributed by atoms with van der Waals surface area (Å²) in [5, 5.41) is 23.0. The smallest absolute Gasteiger partial charge is 0.319 e. The number of β-amino-alcohol motifs (C(OH)–C–C–N with tert-alkyl or cyclic N) is 1. The zero-order chi connectivity index (χ0) is 31.5. The molecule has 3 fully saturated rings. The summed E-state index contributed by atoms with van der Waals surface area (Å²) in [6, 6.07) is 6.45. The van der Waals surface area contributed by atoms with E-state index in [0.29, 0.717) is 71.7 Å². The lowest BCUT2D eigenvalue weighted by atomic mass is 9.76. The predicted octanol–water partition coefficient (Wildman–Crippen LogP) is 6.39. The number of hydrogen-bond acceptors (Lipinski definition) is 8. The summed E-state index contributed by atoms with van der Waals surface area (Å²) in [6.07, 6.45) is 8.85. The third kappa shape index (κ3) is 5.25. The van der Waals surface area contributed by atoms with Crippen molar-refractivity contribution in [3.8, 4) is 23.0 Å². The number of rotatable bonds is 6. The van der Waals surface area contributed by atoms with Crippen molar-refractivity contribution in [3.63, 3.8) is 0 Å². The molecule has 0 radical (unpaired) electrons. The first-order chi connectivity index (χ1) is 21.6. The summed E-state index contributed by atoms with van der Waals surface area (Å²) in [6.45, 7) is 6.13. The van der Waals surface area contributed by atoms with E-state index < -0.39 is 17.2 Å². The Kier molecular flexibility index (Phi) is 7.55. The van der Waals surface area contributed by atoms with Crippen molar-refractivity contribution in [2.45, 2.75) is 76.9 Å². The lowest BCUT2D eigenvalue weighted by molar-refractivity contribution is 0.0132. The van der Waals surface area contributed by atoms with Gasteiger partial charge in [-0.1, -0.05) is 19.4 Å². The minimum Gasteiger partial charge on any atom is -0.508 e. The van der Waals surface area contributed by atoms with E-state index in [1.807, 2.05) is 11.8 Å². The standard InChI is InChI=1S/C35H41F2N5O3/c1-4-23-26(36)10-9-21-16-22(43)17-24(28(21)23)30-29(37)31-25(18-38-30)32(42-15-6-11-34(2,44)19-42)40-33(39-31)45-20-35-12-5-8-27(35)41(3)14-7-13-35/h9-10,16-18,27,43-44H,4-8,11-15,19-20H2,1-3H3/t27-,34?,35-/m1/s1. The summed E-state index contributed by atoms with van der Waals surface area (Å²) in [5.74, 6) is -0.695. The molecule has 4 aromatic rings. The van der Waals surface area contributed by atoms with Crippen LogP contribution in [0.5, 0.6) is 11.8 Å². The molecule has 0 amide bonds. The van der Waals surface area contributed by atoms with Crippen LogP contribution >= 0.6 is 0 Å². The van der Waals surface area contributed by atoms with Gasteiger partial charge in [0.1, 0.15) is 28.6 Å². The van der Waals surface area contributed by atoms with Crippen LogP contribution in [-0.4, -0.2) is 75.0 Å². The van der Waals surface area contributed by atoms with Crippen molar-refractivity contribution in [2.75, 3.05) is 38.2 Å². The highest BCUT2D eigenvalue weighted by Gasteiger charge is 2.47. The Hall–Kier alpha value is -3.63. The van der Waals surface area contributed by atoms with Gasteiger partial charge in [0.2, 0.25) is 0 Å². The lowest BCUT2D eigenvalue weighted by Crippen LogP contribution is -2.50. The van der Waals surface area contributed by atoms with E-state index in [1.54, 1.807) is 25.3 Å². The average molecular weight is 618 g/mol. The molecule has 2 aromatic carbocycles. The van der Waals surface area contributed by atoms with Crippen LogP contribution in [0.15, 0.2) is 30.5 Å². The van der Waals surface area contributed by atoms with Gasteiger partial charge in [-0.25, -0.2) is 8.78 Å². The van der Waals surface area contributed by atoms with Gasteiger partial charge in [0.05, 0.1) is 17.6 Å². The molecule has 4 heterocycles. The van der Waals surface area contributed by atoms with Crippen LogP contribution in [0, 0.1) is 17.0 Å². The molecule has 2 N–H and O–H groups in total. The van der Waals surface area contributed by atoms with Crippen LogP contribution in [0.2, 0.25) is 0 Å². The fourth-order valence-corrected chi connectivity index (χ4v) is 8.33. The van der Waals surface area contributed by atoms with Gasteiger partial charge in [-0.15, -0.1) is 0 Å². The van der Waals surface area contributed by atoms with E-state index in [4.69, 9.17) is 9.72 Å². The number of nitrogens with zero attached hydrogens (tertiary/aromatic N) is 5. The lowest BCUT2D eigenvalue weighted by Gasteiger charge is -2.44. The minimum atomic E-state index is -0.924. The second-order valence-electron chi connectivity index (χ2n) is 13.6. The number of aliphatic hydroxyl groups is 1. The highest BCUT2D eigenvalue weighted by molar-refractivity contribution is 6.01. The molecule has 1 aliphatic carbocycles.